The Balaban J connectivity index is 1.56. The molecule has 0 fully saturated rings. The van der Waals surface area contributed by atoms with Crippen LogP contribution in [0.1, 0.15) is 5.56 Å². The van der Waals surface area contributed by atoms with Crippen LogP contribution in [0.4, 0.5) is 0 Å². The van der Waals surface area contributed by atoms with Crippen LogP contribution in [0.5, 0.6) is 5.75 Å². The number of hydrogen-bond acceptors (Lipinski definition) is 5. The number of aromatic amines is 2. The van der Waals surface area contributed by atoms with Crippen molar-refractivity contribution in [2.75, 3.05) is 0 Å². The second-order valence-corrected chi connectivity index (χ2v) is 5.65. The molecule has 2 aromatic carbocycles. The first-order valence-corrected chi connectivity index (χ1v) is 8.04. The summed E-state index contributed by atoms with van der Waals surface area (Å²) in [5.41, 5.74) is 2.72. The molecule has 0 aliphatic rings. The third kappa shape index (κ3) is 3.36. The van der Waals surface area contributed by atoms with Crippen LogP contribution in [0.3, 0.4) is 0 Å². The number of rotatable bonds is 5. The van der Waals surface area contributed by atoms with E-state index in [4.69, 9.17) is 4.74 Å². The predicted molar refractivity (Wildman–Crippen MR) is 96.4 cm³/mol. The largest absolute Gasteiger partial charge is 0.489 e. The van der Waals surface area contributed by atoms with Crippen molar-refractivity contribution in [1.82, 2.24) is 25.6 Å². The zero-order valence-electron chi connectivity index (χ0n) is 13.7. The first-order chi connectivity index (χ1) is 12.8. The molecule has 0 spiro atoms. The summed E-state index contributed by atoms with van der Waals surface area (Å²) < 4.78 is 5.84. The van der Waals surface area contributed by atoms with Crippen LogP contribution in [0.2, 0.25) is 0 Å². The van der Waals surface area contributed by atoms with Crippen molar-refractivity contribution in [3.8, 4) is 28.4 Å². The Labute approximate surface area is 148 Å². The van der Waals surface area contributed by atoms with E-state index in [1.807, 2.05) is 60.7 Å². The maximum absolute atomic E-state index is 12.3. The summed E-state index contributed by atoms with van der Waals surface area (Å²) in [7, 11) is 0. The fourth-order valence-corrected chi connectivity index (χ4v) is 2.59. The molecule has 0 bridgehead atoms. The van der Waals surface area contributed by atoms with Gasteiger partial charge in [0.05, 0.1) is 5.56 Å². The van der Waals surface area contributed by atoms with Gasteiger partial charge in [-0.3, -0.25) is 4.79 Å². The van der Waals surface area contributed by atoms with Crippen molar-refractivity contribution >= 4 is 0 Å². The minimum atomic E-state index is -0.278. The molecule has 0 saturated carbocycles. The molecule has 26 heavy (non-hydrogen) atoms. The zero-order chi connectivity index (χ0) is 17.8. The highest BCUT2D eigenvalue weighted by atomic mass is 16.5. The van der Waals surface area contributed by atoms with Crippen LogP contribution < -0.4 is 10.3 Å². The standard InChI is InChI=1S/C19H15N5O2/c25-19-16(18-21-23-24-22-18)9-10-17(20-19)14-7-4-8-15(11-14)26-12-13-5-2-1-3-6-13/h1-11H,12H2,(H,20,25)(H,21,22,23,24). The van der Waals surface area contributed by atoms with Gasteiger partial charge in [-0.25, -0.2) is 0 Å². The number of hydrogen-bond donors (Lipinski definition) is 2. The highest BCUT2D eigenvalue weighted by Crippen LogP contribution is 2.23. The number of ether oxygens (including phenoxy) is 1. The normalized spacial score (nSPS) is 10.6. The molecule has 0 unspecified atom stereocenters. The topological polar surface area (TPSA) is 96.5 Å². The van der Waals surface area contributed by atoms with E-state index in [-0.39, 0.29) is 11.4 Å². The Morgan fingerprint density at radius 2 is 1.85 bits per heavy atom. The number of pyridine rings is 1. The fourth-order valence-electron chi connectivity index (χ4n) is 2.59. The number of nitrogens with one attached hydrogen (secondary N) is 2. The molecule has 2 N–H and O–H groups in total. The Kier molecular flexibility index (Phi) is 4.26. The second kappa shape index (κ2) is 7.02. The molecule has 7 nitrogen and oxygen atoms in total. The lowest BCUT2D eigenvalue weighted by atomic mass is 10.1. The SMILES string of the molecule is O=c1[nH]c(-c2cccc(OCc3ccccc3)c2)ccc1-c1nn[nH]n1. The first-order valence-electron chi connectivity index (χ1n) is 8.04. The third-order valence-electron chi connectivity index (χ3n) is 3.89. The summed E-state index contributed by atoms with van der Waals surface area (Å²) in [6.45, 7) is 0.484. The molecule has 2 heterocycles. The Morgan fingerprint density at radius 3 is 2.62 bits per heavy atom. The van der Waals surface area contributed by atoms with Crippen LogP contribution >= 0.6 is 0 Å². The van der Waals surface area contributed by atoms with Crippen LogP contribution in [-0.2, 0) is 6.61 Å². The molecular formula is C19H15N5O2. The van der Waals surface area contributed by atoms with E-state index in [0.717, 1.165) is 16.9 Å². The molecule has 128 valence electrons. The Bertz CT molecular complexity index is 1060. The third-order valence-corrected chi connectivity index (χ3v) is 3.89. The summed E-state index contributed by atoms with van der Waals surface area (Å²) >= 11 is 0. The van der Waals surface area contributed by atoms with Crippen molar-refractivity contribution in [3.63, 3.8) is 0 Å². The lowest BCUT2D eigenvalue weighted by Crippen LogP contribution is -2.10. The second-order valence-electron chi connectivity index (χ2n) is 5.65. The van der Waals surface area contributed by atoms with Crippen molar-refractivity contribution in [2.24, 2.45) is 0 Å². The van der Waals surface area contributed by atoms with E-state index in [9.17, 15) is 4.79 Å². The van der Waals surface area contributed by atoms with E-state index in [2.05, 4.69) is 25.6 Å². The van der Waals surface area contributed by atoms with Gasteiger partial charge in [0.2, 0.25) is 5.82 Å². The molecular weight excluding hydrogens is 330 g/mol. The van der Waals surface area contributed by atoms with E-state index in [1.54, 1.807) is 6.07 Å². The van der Waals surface area contributed by atoms with Gasteiger partial charge in [-0.2, -0.15) is 5.21 Å². The summed E-state index contributed by atoms with van der Waals surface area (Å²) in [6, 6.07) is 21.0. The highest BCUT2D eigenvalue weighted by molar-refractivity contribution is 5.64. The lowest BCUT2D eigenvalue weighted by Gasteiger charge is -2.08. The molecule has 7 heteroatoms. The monoisotopic (exact) mass is 345 g/mol. The van der Waals surface area contributed by atoms with Gasteiger partial charge in [0.1, 0.15) is 12.4 Å². The number of nitrogens with zero attached hydrogens (tertiary/aromatic N) is 3. The van der Waals surface area contributed by atoms with Gasteiger partial charge in [0.15, 0.2) is 0 Å². The summed E-state index contributed by atoms with van der Waals surface area (Å²) in [5, 5.41) is 13.5. The molecule has 4 rings (SSSR count). The van der Waals surface area contributed by atoms with Crippen LogP contribution in [0, 0.1) is 0 Å². The highest BCUT2D eigenvalue weighted by Gasteiger charge is 2.09. The summed E-state index contributed by atoms with van der Waals surface area (Å²) in [5.74, 6) is 0.993. The quantitative estimate of drug-likeness (QED) is 0.580. The molecule has 0 aliphatic carbocycles. The van der Waals surface area contributed by atoms with Crippen molar-refractivity contribution < 1.29 is 4.74 Å². The van der Waals surface area contributed by atoms with Crippen molar-refractivity contribution in [2.45, 2.75) is 6.61 Å². The summed E-state index contributed by atoms with van der Waals surface area (Å²) in [4.78, 5) is 15.1. The number of tetrazole rings is 1. The zero-order valence-corrected chi connectivity index (χ0v) is 13.7. The van der Waals surface area contributed by atoms with Gasteiger partial charge in [0.25, 0.3) is 5.56 Å². The Morgan fingerprint density at radius 1 is 0.962 bits per heavy atom. The molecule has 0 atom stereocenters. The summed E-state index contributed by atoms with van der Waals surface area (Å²) in [6.07, 6.45) is 0. The lowest BCUT2D eigenvalue weighted by molar-refractivity contribution is 0.306. The number of H-pyrrole nitrogens is 2. The van der Waals surface area contributed by atoms with E-state index < -0.39 is 0 Å². The molecule has 0 radical (unpaired) electrons. The van der Waals surface area contributed by atoms with E-state index >= 15 is 0 Å². The van der Waals surface area contributed by atoms with Crippen LogP contribution in [-0.4, -0.2) is 25.6 Å². The van der Waals surface area contributed by atoms with Crippen LogP contribution in [0.15, 0.2) is 71.5 Å². The smallest absolute Gasteiger partial charge is 0.259 e. The van der Waals surface area contributed by atoms with Gasteiger partial charge in [-0.15, -0.1) is 10.2 Å². The van der Waals surface area contributed by atoms with Crippen molar-refractivity contribution in [1.29, 1.82) is 0 Å². The fraction of sp³-hybridized carbons (Fsp3) is 0.0526. The molecule has 0 saturated heterocycles. The average Bonchev–Trinajstić information content (AvgIpc) is 3.22. The van der Waals surface area contributed by atoms with Gasteiger partial charge in [-0.05, 0) is 35.0 Å². The minimum Gasteiger partial charge on any atom is -0.489 e. The van der Waals surface area contributed by atoms with Crippen LogP contribution in [0.25, 0.3) is 22.6 Å². The molecule has 0 aliphatic heterocycles. The van der Waals surface area contributed by atoms with Gasteiger partial charge >= 0.3 is 0 Å². The van der Waals surface area contributed by atoms with E-state index in [1.165, 1.54) is 0 Å². The van der Waals surface area contributed by atoms with Gasteiger partial charge in [-0.1, -0.05) is 42.5 Å². The molecule has 0 amide bonds. The number of aromatic nitrogens is 5. The molecule has 4 aromatic rings. The Hall–Kier alpha value is -3.74. The van der Waals surface area contributed by atoms with Gasteiger partial charge < -0.3 is 9.72 Å². The molecule has 2 aromatic heterocycles. The minimum absolute atomic E-state index is 0.262. The first kappa shape index (κ1) is 15.8. The maximum Gasteiger partial charge on any atom is 0.259 e. The van der Waals surface area contributed by atoms with E-state index in [0.29, 0.717) is 17.9 Å². The maximum atomic E-state index is 12.3. The number of benzene rings is 2. The average molecular weight is 345 g/mol. The van der Waals surface area contributed by atoms with Gasteiger partial charge in [0, 0.05) is 11.3 Å². The van der Waals surface area contributed by atoms with Crippen molar-refractivity contribution in [3.05, 3.63) is 82.6 Å². The predicted octanol–water partition coefficient (Wildman–Crippen LogP) is 2.80.